The number of rotatable bonds is 3. The van der Waals surface area contributed by atoms with Gasteiger partial charge in [0.05, 0.1) is 12.6 Å². The number of carbonyl (C=O) groups excluding carboxylic acids is 1. The lowest BCUT2D eigenvalue weighted by Crippen LogP contribution is -2.50. The lowest BCUT2D eigenvalue weighted by atomic mass is 9.72. The first kappa shape index (κ1) is 18.3. The number of methoxy groups -OCH3 is 2. The normalized spacial score (nSPS) is 29.8. The maximum atomic E-state index is 11.6. The summed E-state index contributed by atoms with van der Waals surface area (Å²) < 4.78 is 16.7. The maximum absolute atomic E-state index is 11.6. The molecule has 6 heteroatoms. The Labute approximate surface area is 159 Å². The number of hydrogen-bond donors (Lipinski definition) is 1. The van der Waals surface area contributed by atoms with Crippen LogP contribution in [-0.2, 0) is 26.2 Å². The Kier molecular flexibility index (Phi) is 4.64. The fourth-order valence-corrected chi connectivity index (χ4v) is 5.15. The second-order valence-electron chi connectivity index (χ2n) is 7.63. The zero-order valence-corrected chi connectivity index (χ0v) is 16.2. The Morgan fingerprint density at radius 3 is 2.78 bits per heavy atom. The summed E-state index contributed by atoms with van der Waals surface area (Å²) in [6, 6.07) is 3.84. The zero-order chi connectivity index (χ0) is 19.2. The van der Waals surface area contributed by atoms with E-state index in [0.717, 1.165) is 37.9 Å². The molecule has 1 saturated heterocycles. The van der Waals surface area contributed by atoms with Gasteiger partial charge in [0.2, 0.25) is 0 Å². The summed E-state index contributed by atoms with van der Waals surface area (Å²) in [4.78, 5) is 14.1. The number of ether oxygens (including phenoxy) is 3. The van der Waals surface area contributed by atoms with Crippen LogP contribution < -0.4 is 4.74 Å². The van der Waals surface area contributed by atoms with E-state index in [0.29, 0.717) is 12.2 Å². The van der Waals surface area contributed by atoms with Crippen LogP contribution in [0.1, 0.15) is 37.3 Å². The number of aromatic hydroxyl groups is 1. The number of aryl methyl sites for hydroxylation is 1. The number of hydrogen-bond acceptors (Lipinski definition) is 6. The van der Waals surface area contributed by atoms with Gasteiger partial charge < -0.3 is 19.3 Å². The van der Waals surface area contributed by atoms with E-state index < -0.39 is 0 Å². The third-order valence-electron chi connectivity index (χ3n) is 6.28. The highest BCUT2D eigenvalue weighted by atomic mass is 16.6. The number of phenolic OH excluding ortho intramolecular Hbond substituents is 1. The van der Waals surface area contributed by atoms with Crippen LogP contribution in [0, 0.1) is 0 Å². The van der Waals surface area contributed by atoms with Crippen LogP contribution in [0.25, 0.3) is 0 Å². The van der Waals surface area contributed by atoms with Crippen LogP contribution >= 0.6 is 0 Å². The first-order chi connectivity index (χ1) is 13.0. The van der Waals surface area contributed by atoms with Gasteiger partial charge in [0, 0.05) is 27.0 Å². The smallest absolute Gasteiger partial charge is 0.303 e. The summed E-state index contributed by atoms with van der Waals surface area (Å²) in [7, 11) is 3.25. The van der Waals surface area contributed by atoms with E-state index in [-0.39, 0.29) is 29.5 Å². The fourth-order valence-electron chi connectivity index (χ4n) is 5.15. The molecule has 1 aromatic carbocycles. The molecule has 1 N–H and O–H groups in total. The Bertz CT molecular complexity index is 789. The highest BCUT2D eigenvalue weighted by molar-refractivity contribution is 5.66. The molecule has 0 aromatic heterocycles. The minimum Gasteiger partial charge on any atom is -0.504 e. The fraction of sp³-hybridized carbons (Fsp3) is 0.571. The lowest BCUT2D eigenvalue weighted by Gasteiger charge is -2.46. The van der Waals surface area contributed by atoms with Gasteiger partial charge in [-0.05, 0) is 60.7 Å². The molecule has 2 heterocycles. The summed E-state index contributed by atoms with van der Waals surface area (Å²) >= 11 is 0. The summed E-state index contributed by atoms with van der Waals surface area (Å²) in [5.41, 5.74) is 3.33. The van der Waals surface area contributed by atoms with E-state index in [9.17, 15) is 9.90 Å². The van der Waals surface area contributed by atoms with Crippen molar-refractivity contribution in [1.82, 2.24) is 4.90 Å². The summed E-state index contributed by atoms with van der Waals surface area (Å²) in [5, 5.41) is 10.3. The first-order valence-corrected chi connectivity index (χ1v) is 9.56. The molecular formula is C21H27NO5. The van der Waals surface area contributed by atoms with Crippen molar-refractivity contribution >= 4 is 5.97 Å². The number of benzene rings is 1. The SMILES string of the molecule is COc1cc2c(cc1O)CCCN1CCC3=C[C@H](OC(C)=O)[C@H](OC)C[C@]321. The highest BCUT2D eigenvalue weighted by Gasteiger charge is 2.53. The van der Waals surface area contributed by atoms with Gasteiger partial charge in [-0.15, -0.1) is 0 Å². The number of esters is 1. The van der Waals surface area contributed by atoms with E-state index >= 15 is 0 Å². The Hall–Kier alpha value is -2.05. The number of phenols is 1. The minimum absolute atomic E-state index is 0.182. The molecular weight excluding hydrogens is 346 g/mol. The van der Waals surface area contributed by atoms with Crippen molar-refractivity contribution in [3.8, 4) is 11.5 Å². The van der Waals surface area contributed by atoms with E-state index in [1.165, 1.54) is 18.1 Å². The maximum Gasteiger partial charge on any atom is 0.303 e. The molecule has 1 spiro atoms. The molecule has 27 heavy (non-hydrogen) atoms. The highest BCUT2D eigenvalue weighted by Crippen LogP contribution is 2.53. The molecule has 1 aliphatic carbocycles. The number of carbonyl (C=O) groups is 1. The molecule has 146 valence electrons. The van der Waals surface area contributed by atoms with E-state index in [4.69, 9.17) is 14.2 Å². The topological polar surface area (TPSA) is 68.2 Å². The second-order valence-corrected chi connectivity index (χ2v) is 7.63. The zero-order valence-electron chi connectivity index (χ0n) is 16.2. The number of nitrogens with zero attached hydrogens (tertiary/aromatic N) is 1. The summed E-state index contributed by atoms with van der Waals surface area (Å²) in [6.45, 7) is 3.40. The van der Waals surface area contributed by atoms with Crippen LogP contribution in [0.5, 0.6) is 11.5 Å². The number of fused-ring (bicyclic) bond motifs is 1. The summed E-state index contributed by atoms with van der Waals surface area (Å²) in [6.07, 6.45) is 5.13. The molecule has 1 aromatic rings. The van der Waals surface area contributed by atoms with E-state index in [1.807, 2.05) is 12.1 Å². The standard InChI is InChI=1S/C21H27NO5/c1-13(23)27-19-10-15-6-8-22-7-4-5-14-9-17(24)18(25-2)11-16(14)21(15,22)12-20(19)26-3/h9-11,19-20,24H,4-8,12H2,1-3H3/t19-,20+,21-/m0/s1. The minimum atomic E-state index is -0.362. The van der Waals surface area contributed by atoms with Crippen molar-refractivity contribution in [2.75, 3.05) is 27.3 Å². The third-order valence-corrected chi connectivity index (χ3v) is 6.28. The van der Waals surface area contributed by atoms with Gasteiger partial charge >= 0.3 is 5.97 Å². The van der Waals surface area contributed by atoms with Crippen molar-refractivity contribution in [3.63, 3.8) is 0 Å². The van der Waals surface area contributed by atoms with Crippen LogP contribution in [0.15, 0.2) is 23.8 Å². The average Bonchev–Trinajstić information content (AvgIpc) is 2.92. The lowest BCUT2D eigenvalue weighted by molar-refractivity contribution is -0.152. The van der Waals surface area contributed by atoms with Crippen molar-refractivity contribution in [2.45, 2.75) is 50.4 Å². The van der Waals surface area contributed by atoms with Crippen molar-refractivity contribution in [2.24, 2.45) is 0 Å². The van der Waals surface area contributed by atoms with Gasteiger partial charge in [-0.25, -0.2) is 0 Å². The molecule has 3 atom stereocenters. The van der Waals surface area contributed by atoms with Gasteiger partial charge in [-0.3, -0.25) is 9.69 Å². The van der Waals surface area contributed by atoms with Crippen molar-refractivity contribution < 1.29 is 24.1 Å². The predicted molar refractivity (Wildman–Crippen MR) is 99.9 cm³/mol. The van der Waals surface area contributed by atoms with Crippen LogP contribution in [0.4, 0.5) is 0 Å². The Balaban J connectivity index is 1.88. The van der Waals surface area contributed by atoms with Crippen molar-refractivity contribution in [1.29, 1.82) is 0 Å². The molecule has 0 saturated carbocycles. The van der Waals surface area contributed by atoms with Gasteiger partial charge in [0.1, 0.15) is 12.2 Å². The largest absolute Gasteiger partial charge is 0.504 e. The van der Waals surface area contributed by atoms with Crippen molar-refractivity contribution in [3.05, 3.63) is 34.9 Å². The van der Waals surface area contributed by atoms with E-state index in [1.54, 1.807) is 14.2 Å². The second kappa shape index (κ2) is 6.84. The molecule has 0 bridgehead atoms. The molecule has 4 rings (SSSR count). The van der Waals surface area contributed by atoms with Gasteiger partial charge in [0.15, 0.2) is 11.5 Å². The Morgan fingerprint density at radius 2 is 2.07 bits per heavy atom. The summed E-state index contributed by atoms with van der Waals surface area (Å²) in [5.74, 6) is 0.381. The molecule has 0 amide bonds. The molecule has 2 aliphatic heterocycles. The quantitative estimate of drug-likeness (QED) is 0.649. The molecule has 1 fully saturated rings. The van der Waals surface area contributed by atoms with Gasteiger partial charge in [-0.2, -0.15) is 0 Å². The predicted octanol–water partition coefficient (Wildman–Crippen LogP) is 2.52. The van der Waals surface area contributed by atoms with Gasteiger partial charge in [-0.1, -0.05) is 0 Å². The monoisotopic (exact) mass is 373 g/mol. The van der Waals surface area contributed by atoms with E-state index in [2.05, 4.69) is 11.0 Å². The first-order valence-electron chi connectivity index (χ1n) is 9.56. The molecule has 0 unspecified atom stereocenters. The van der Waals surface area contributed by atoms with Crippen LogP contribution in [-0.4, -0.2) is 55.5 Å². The molecule has 0 radical (unpaired) electrons. The third kappa shape index (κ3) is 2.82. The average molecular weight is 373 g/mol. The van der Waals surface area contributed by atoms with Crippen LogP contribution in [0.3, 0.4) is 0 Å². The van der Waals surface area contributed by atoms with Crippen LogP contribution in [0.2, 0.25) is 0 Å². The molecule has 6 nitrogen and oxygen atoms in total. The Morgan fingerprint density at radius 1 is 1.26 bits per heavy atom. The van der Waals surface area contributed by atoms with Gasteiger partial charge in [0.25, 0.3) is 0 Å². The molecule has 3 aliphatic rings.